The van der Waals surface area contributed by atoms with Crippen molar-refractivity contribution in [2.75, 3.05) is 23.9 Å². The fourth-order valence-electron chi connectivity index (χ4n) is 3.65. The van der Waals surface area contributed by atoms with E-state index in [-0.39, 0.29) is 5.70 Å². The van der Waals surface area contributed by atoms with Gasteiger partial charge in [-0.1, -0.05) is 30.3 Å². The first kappa shape index (κ1) is 21.2. The van der Waals surface area contributed by atoms with Gasteiger partial charge < -0.3 is 14.8 Å². The van der Waals surface area contributed by atoms with Crippen molar-refractivity contribution >= 4 is 28.8 Å². The summed E-state index contributed by atoms with van der Waals surface area (Å²) in [6.45, 7) is 4.42. The highest BCUT2D eigenvalue weighted by Crippen LogP contribution is 2.35. The van der Waals surface area contributed by atoms with E-state index in [1.165, 1.54) is 4.90 Å². The second-order valence-electron chi connectivity index (χ2n) is 7.35. The van der Waals surface area contributed by atoms with Crippen molar-refractivity contribution in [2.24, 2.45) is 0 Å². The van der Waals surface area contributed by atoms with Crippen LogP contribution >= 0.6 is 0 Å². The van der Waals surface area contributed by atoms with Gasteiger partial charge in [-0.15, -0.1) is 0 Å². The van der Waals surface area contributed by atoms with Gasteiger partial charge >= 0.3 is 0 Å². The largest absolute Gasteiger partial charge is 0.497 e. The number of hydrogen-bond acceptors (Lipinski definition) is 5. The Labute approximate surface area is 187 Å². The Balaban J connectivity index is 1.79. The van der Waals surface area contributed by atoms with Gasteiger partial charge in [-0.3, -0.25) is 9.59 Å². The van der Waals surface area contributed by atoms with Crippen molar-refractivity contribution in [1.29, 1.82) is 0 Å². The van der Waals surface area contributed by atoms with Gasteiger partial charge in [-0.05, 0) is 61.4 Å². The minimum Gasteiger partial charge on any atom is -0.497 e. The lowest BCUT2D eigenvalue weighted by Crippen LogP contribution is -2.32. The molecule has 0 saturated carbocycles. The van der Waals surface area contributed by atoms with Crippen LogP contribution in [0.15, 0.2) is 78.5 Å². The normalized spacial score (nSPS) is 13.5. The molecule has 0 bridgehead atoms. The highest BCUT2D eigenvalue weighted by Gasteiger charge is 2.40. The number of benzene rings is 3. The van der Waals surface area contributed by atoms with Gasteiger partial charge in [-0.25, -0.2) is 4.90 Å². The van der Waals surface area contributed by atoms with Crippen LogP contribution in [-0.2, 0) is 9.59 Å². The molecule has 0 fully saturated rings. The van der Waals surface area contributed by atoms with Crippen molar-refractivity contribution in [2.45, 2.75) is 13.8 Å². The second kappa shape index (κ2) is 8.98. The highest BCUT2D eigenvalue weighted by molar-refractivity contribution is 6.46. The predicted octanol–water partition coefficient (Wildman–Crippen LogP) is 4.80. The predicted molar refractivity (Wildman–Crippen MR) is 125 cm³/mol. The number of ether oxygens (including phenoxy) is 2. The molecule has 6 heteroatoms. The molecule has 3 aromatic rings. The smallest absolute Gasteiger partial charge is 0.282 e. The summed E-state index contributed by atoms with van der Waals surface area (Å²) in [5.74, 6) is 0.438. The molecule has 4 rings (SSSR count). The van der Waals surface area contributed by atoms with Gasteiger partial charge in [-0.2, -0.15) is 0 Å². The average Bonchev–Trinajstić information content (AvgIpc) is 3.04. The monoisotopic (exact) mass is 428 g/mol. The van der Waals surface area contributed by atoms with E-state index in [9.17, 15) is 9.59 Å². The van der Waals surface area contributed by atoms with Gasteiger partial charge in [0.25, 0.3) is 11.8 Å². The maximum atomic E-state index is 13.5. The fourth-order valence-corrected chi connectivity index (χ4v) is 3.65. The maximum Gasteiger partial charge on any atom is 0.282 e. The van der Waals surface area contributed by atoms with Gasteiger partial charge in [0.1, 0.15) is 17.2 Å². The van der Waals surface area contributed by atoms with Gasteiger partial charge in [0.2, 0.25) is 0 Å². The van der Waals surface area contributed by atoms with Crippen molar-refractivity contribution < 1.29 is 19.1 Å². The lowest BCUT2D eigenvalue weighted by atomic mass is 10.0. The fraction of sp³-hybridized carbons (Fsp3) is 0.154. The van der Waals surface area contributed by atoms with Crippen molar-refractivity contribution in [3.8, 4) is 11.5 Å². The van der Waals surface area contributed by atoms with E-state index >= 15 is 0 Å². The molecule has 1 aliphatic heterocycles. The van der Waals surface area contributed by atoms with Crippen molar-refractivity contribution in [3.05, 3.63) is 89.6 Å². The summed E-state index contributed by atoms with van der Waals surface area (Å²) in [4.78, 5) is 28.2. The summed E-state index contributed by atoms with van der Waals surface area (Å²) in [5, 5.41) is 3.18. The quantitative estimate of drug-likeness (QED) is 0.548. The summed E-state index contributed by atoms with van der Waals surface area (Å²) in [7, 11) is 1.54. The third kappa shape index (κ3) is 4.07. The Morgan fingerprint density at radius 1 is 0.875 bits per heavy atom. The number of methoxy groups -OCH3 is 1. The number of rotatable bonds is 7. The van der Waals surface area contributed by atoms with Crippen LogP contribution in [0.25, 0.3) is 5.57 Å². The minimum absolute atomic E-state index is 0.229. The highest BCUT2D eigenvalue weighted by atomic mass is 16.5. The van der Waals surface area contributed by atoms with E-state index in [1.54, 1.807) is 55.6 Å². The summed E-state index contributed by atoms with van der Waals surface area (Å²) in [5.41, 5.74) is 3.39. The molecule has 0 aliphatic carbocycles. The van der Waals surface area contributed by atoms with Crippen LogP contribution in [0.1, 0.15) is 18.1 Å². The first-order valence-electron chi connectivity index (χ1n) is 10.4. The van der Waals surface area contributed by atoms with Crippen LogP contribution in [0.4, 0.5) is 11.4 Å². The molecule has 32 heavy (non-hydrogen) atoms. The molecular formula is C26H24N2O4. The number of hydrogen-bond donors (Lipinski definition) is 1. The Morgan fingerprint density at radius 3 is 2.31 bits per heavy atom. The molecule has 0 aromatic heterocycles. The number of anilines is 2. The van der Waals surface area contributed by atoms with E-state index in [4.69, 9.17) is 9.47 Å². The Morgan fingerprint density at radius 2 is 1.62 bits per heavy atom. The number of aryl methyl sites for hydroxylation is 1. The van der Waals surface area contributed by atoms with Crippen LogP contribution in [0.2, 0.25) is 0 Å². The van der Waals surface area contributed by atoms with Crippen molar-refractivity contribution in [3.63, 3.8) is 0 Å². The molecule has 2 amide bonds. The Kier molecular flexibility index (Phi) is 5.94. The zero-order valence-corrected chi connectivity index (χ0v) is 18.2. The number of carbonyl (C=O) groups excluding carboxylic acids is 2. The number of carbonyl (C=O) groups is 2. The molecule has 0 saturated heterocycles. The molecule has 162 valence electrons. The van der Waals surface area contributed by atoms with Crippen LogP contribution in [-0.4, -0.2) is 25.5 Å². The third-order valence-electron chi connectivity index (χ3n) is 5.14. The molecule has 0 atom stereocenters. The molecule has 6 nitrogen and oxygen atoms in total. The van der Waals surface area contributed by atoms with Gasteiger partial charge in [0.05, 0.1) is 25.0 Å². The maximum absolute atomic E-state index is 13.5. The minimum atomic E-state index is -0.423. The number of imide groups is 1. The molecule has 1 N–H and O–H groups in total. The van der Waals surface area contributed by atoms with Crippen LogP contribution in [0.3, 0.4) is 0 Å². The average molecular weight is 428 g/mol. The number of nitrogens with one attached hydrogen (secondary N) is 1. The van der Waals surface area contributed by atoms with Gasteiger partial charge in [0, 0.05) is 11.8 Å². The van der Waals surface area contributed by atoms with E-state index in [1.807, 2.05) is 38.1 Å². The molecule has 0 unspecified atom stereocenters. The second-order valence-corrected chi connectivity index (χ2v) is 7.35. The van der Waals surface area contributed by atoms with E-state index in [2.05, 4.69) is 5.32 Å². The molecule has 0 spiro atoms. The molecular weight excluding hydrogens is 404 g/mol. The third-order valence-corrected chi connectivity index (χ3v) is 5.14. The first-order chi connectivity index (χ1) is 15.5. The molecule has 3 aromatic carbocycles. The first-order valence-corrected chi connectivity index (χ1v) is 10.4. The van der Waals surface area contributed by atoms with Crippen molar-refractivity contribution in [1.82, 2.24) is 0 Å². The molecule has 0 radical (unpaired) electrons. The van der Waals surface area contributed by atoms with Crippen LogP contribution in [0, 0.1) is 6.92 Å². The summed E-state index contributed by atoms with van der Waals surface area (Å²) in [6.07, 6.45) is 0. The lowest BCUT2D eigenvalue weighted by molar-refractivity contribution is -0.120. The van der Waals surface area contributed by atoms with Crippen LogP contribution < -0.4 is 19.7 Å². The Hall–Kier alpha value is -4.06. The number of amides is 2. The van der Waals surface area contributed by atoms with E-state index < -0.39 is 11.8 Å². The molecule has 1 aliphatic rings. The molecule has 1 heterocycles. The SMILES string of the molecule is CCOc1ccc(C2=C(Nc3cccc(C)c3)C(=O)N(c3cccc(OC)c3)C2=O)cc1. The summed E-state index contributed by atoms with van der Waals surface area (Å²) in [6, 6.07) is 21.7. The zero-order valence-electron chi connectivity index (χ0n) is 18.2. The Bertz CT molecular complexity index is 1200. The summed E-state index contributed by atoms with van der Waals surface area (Å²) >= 11 is 0. The number of nitrogens with zero attached hydrogens (tertiary/aromatic N) is 1. The lowest BCUT2D eigenvalue weighted by Gasteiger charge is -2.16. The van der Waals surface area contributed by atoms with Gasteiger partial charge in [0.15, 0.2) is 0 Å². The topological polar surface area (TPSA) is 67.9 Å². The zero-order chi connectivity index (χ0) is 22.7. The summed E-state index contributed by atoms with van der Waals surface area (Å²) < 4.78 is 10.8. The van der Waals surface area contributed by atoms with E-state index in [0.717, 1.165) is 11.3 Å². The van der Waals surface area contributed by atoms with E-state index in [0.29, 0.717) is 34.9 Å². The van der Waals surface area contributed by atoms with Crippen LogP contribution in [0.5, 0.6) is 11.5 Å². The standard InChI is InChI=1S/C26H24N2O4/c1-4-32-21-13-11-18(12-14-21)23-24(27-19-8-5-7-17(2)15-19)26(30)28(25(23)29)20-9-6-10-22(16-20)31-3/h5-16,27H,4H2,1-3H3.